The maximum atomic E-state index is 13.9. The molecule has 2 aromatic carbocycles. The maximum Gasteiger partial charge on any atom is 0.257 e. The molecule has 0 saturated carbocycles. The summed E-state index contributed by atoms with van der Waals surface area (Å²) in [6.45, 7) is 2.24. The van der Waals surface area contributed by atoms with E-state index in [1.54, 1.807) is 51.0 Å². The largest absolute Gasteiger partial charge is 0.342 e. The van der Waals surface area contributed by atoms with Gasteiger partial charge in [-0.05, 0) is 49.6 Å². The second-order valence-electron chi connectivity index (χ2n) is 9.48. The SMILES string of the molecule is Cn1ccnc1C(NC(=O)CCCN1C(=O)c2ccccc2N2C(=O)CCC12C)c1cccc(F)c1. The van der Waals surface area contributed by atoms with E-state index in [4.69, 9.17) is 0 Å². The number of hydrogen-bond acceptors (Lipinski definition) is 4. The number of carbonyl (C=O) groups is 3. The number of benzene rings is 2. The number of nitrogens with one attached hydrogen (secondary N) is 1. The zero-order valence-corrected chi connectivity index (χ0v) is 20.3. The summed E-state index contributed by atoms with van der Waals surface area (Å²) in [5, 5.41) is 2.97. The highest BCUT2D eigenvalue weighted by atomic mass is 19.1. The lowest BCUT2D eigenvalue weighted by molar-refractivity contribution is -0.122. The lowest BCUT2D eigenvalue weighted by atomic mass is 9.97. The molecular weight excluding hydrogens is 461 g/mol. The molecule has 2 atom stereocenters. The summed E-state index contributed by atoms with van der Waals surface area (Å²) in [7, 11) is 1.82. The molecule has 1 fully saturated rings. The van der Waals surface area contributed by atoms with Crippen LogP contribution in [0.4, 0.5) is 10.1 Å². The van der Waals surface area contributed by atoms with E-state index in [0.717, 1.165) is 0 Å². The van der Waals surface area contributed by atoms with Crippen LogP contribution in [0.25, 0.3) is 0 Å². The summed E-state index contributed by atoms with van der Waals surface area (Å²) in [6, 6.07) is 12.6. The van der Waals surface area contributed by atoms with Gasteiger partial charge in [-0.25, -0.2) is 9.37 Å². The zero-order chi connectivity index (χ0) is 25.4. The molecular formula is C27H28FN5O3. The van der Waals surface area contributed by atoms with Gasteiger partial charge in [-0.1, -0.05) is 24.3 Å². The summed E-state index contributed by atoms with van der Waals surface area (Å²) in [4.78, 5) is 46.9. The van der Waals surface area contributed by atoms with E-state index in [1.807, 2.05) is 26.1 Å². The smallest absolute Gasteiger partial charge is 0.257 e. The molecule has 36 heavy (non-hydrogen) atoms. The third kappa shape index (κ3) is 4.04. The first kappa shape index (κ1) is 23.7. The number of para-hydroxylation sites is 1. The minimum atomic E-state index is -0.754. The van der Waals surface area contributed by atoms with E-state index in [1.165, 1.54) is 12.1 Å². The molecule has 0 bridgehead atoms. The van der Waals surface area contributed by atoms with Crippen LogP contribution in [0.15, 0.2) is 60.9 Å². The normalized spacial score (nSPS) is 19.8. The second kappa shape index (κ2) is 9.22. The molecule has 0 spiro atoms. The first-order valence-corrected chi connectivity index (χ1v) is 12.1. The van der Waals surface area contributed by atoms with E-state index in [0.29, 0.717) is 48.4 Å². The van der Waals surface area contributed by atoms with Crippen molar-refractivity contribution in [2.75, 3.05) is 11.4 Å². The Bertz CT molecular complexity index is 1340. The third-order valence-electron chi connectivity index (χ3n) is 7.14. The molecule has 3 heterocycles. The van der Waals surface area contributed by atoms with Crippen LogP contribution in [-0.2, 0) is 16.6 Å². The first-order valence-electron chi connectivity index (χ1n) is 12.1. The first-order chi connectivity index (χ1) is 17.3. The van der Waals surface area contributed by atoms with E-state index < -0.39 is 17.5 Å². The lowest BCUT2D eigenvalue weighted by Gasteiger charge is -2.48. The van der Waals surface area contributed by atoms with Gasteiger partial charge < -0.3 is 14.8 Å². The third-order valence-corrected chi connectivity index (χ3v) is 7.14. The van der Waals surface area contributed by atoms with Crippen LogP contribution in [0, 0.1) is 5.82 Å². The predicted molar refractivity (Wildman–Crippen MR) is 131 cm³/mol. The Hall–Kier alpha value is -4.01. The Morgan fingerprint density at radius 1 is 1.19 bits per heavy atom. The van der Waals surface area contributed by atoms with Gasteiger partial charge in [0.2, 0.25) is 11.8 Å². The van der Waals surface area contributed by atoms with E-state index >= 15 is 0 Å². The summed E-state index contributed by atoms with van der Waals surface area (Å²) in [5.41, 5.74) is 0.981. The highest BCUT2D eigenvalue weighted by molar-refractivity contribution is 6.10. The molecule has 8 nitrogen and oxygen atoms in total. The number of hydrogen-bond donors (Lipinski definition) is 1. The van der Waals surface area contributed by atoms with Crippen LogP contribution in [0.3, 0.4) is 0 Å². The summed E-state index contributed by atoms with van der Waals surface area (Å²) in [6.07, 6.45) is 4.87. The van der Waals surface area contributed by atoms with E-state index in [2.05, 4.69) is 10.3 Å². The molecule has 186 valence electrons. The number of carbonyl (C=O) groups excluding carboxylic acids is 3. The number of anilines is 1. The minimum Gasteiger partial charge on any atom is -0.342 e. The van der Waals surface area contributed by atoms with Crippen LogP contribution in [0.5, 0.6) is 0 Å². The molecule has 5 rings (SSSR count). The molecule has 1 aromatic heterocycles. The van der Waals surface area contributed by atoms with E-state index in [-0.39, 0.29) is 24.1 Å². The number of aromatic nitrogens is 2. The average molecular weight is 490 g/mol. The Morgan fingerprint density at radius 3 is 2.75 bits per heavy atom. The molecule has 3 amide bonds. The zero-order valence-electron chi connectivity index (χ0n) is 20.3. The lowest BCUT2D eigenvalue weighted by Crippen LogP contribution is -2.62. The van der Waals surface area contributed by atoms with E-state index in [9.17, 15) is 18.8 Å². The van der Waals surface area contributed by atoms with Gasteiger partial charge in [-0.15, -0.1) is 0 Å². The van der Waals surface area contributed by atoms with Crippen molar-refractivity contribution in [3.63, 3.8) is 0 Å². The van der Waals surface area contributed by atoms with Crippen molar-refractivity contribution in [2.45, 2.75) is 44.3 Å². The Labute approximate surface area is 208 Å². The highest BCUT2D eigenvalue weighted by Gasteiger charge is 2.52. The van der Waals surface area contributed by atoms with Gasteiger partial charge in [0.05, 0.1) is 11.3 Å². The topological polar surface area (TPSA) is 87.5 Å². The fourth-order valence-corrected chi connectivity index (χ4v) is 5.31. The predicted octanol–water partition coefficient (Wildman–Crippen LogP) is 3.54. The van der Waals surface area contributed by atoms with Crippen molar-refractivity contribution in [3.8, 4) is 0 Å². The minimum absolute atomic E-state index is 0.00630. The van der Waals surface area contributed by atoms with Crippen molar-refractivity contribution >= 4 is 23.4 Å². The molecule has 2 unspecified atom stereocenters. The number of fused-ring (bicyclic) bond motifs is 3. The monoisotopic (exact) mass is 489 g/mol. The van der Waals surface area contributed by atoms with Crippen LogP contribution < -0.4 is 10.2 Å². The van der Waals surface area contributed by atoms with Gasteiger partial charge in [-0.2, -0.15) is 0 Å². The number of aryl methyl sites for hydroxylation is 1. The van der Waals surface area contributed by atoms with Crippen LogP contribution in [0.2, 0.25) is 0 Å². The van der Waals surface area contributed by atoms with Gasteiger partial charge in [0, 0.05) is 38.8 Å². The number of nitrogens with zero attached hydrogens (tertiary/aromatic N) is 4. The molecule has 1 N–H and O–H groups in total. The van der Waals surface area contributed by atoms with Gasteiger partial charge in [0.15, 0.2) is 0 Å². The van der Waals surface area contributed by atoms with Crippen LogP contribution >= 0.6 is 0 Å². The number of rotatable bonds is 7. The number of halogens is 1. The second-order valence-corrected chi connectivity index (χ2v) is 9.48. The Morgan fingerprint density at radius 2 is 2.00 bits per heavy atom. The van der Waals surface area contributed by atoms with Gasteiger partial charge in [0.25, 0.3) is 5.91 Å². The van der Waals surface area contributed by atoms with Gasteiger partial charge in [-0.3, -0.25) is 19.3 Å². The Balaban J connectivity index is 1.30. The van der Waals surface area contributed by atoms with Crippen molar-refractivity contribution in [1.82, 2.24) is 19.8 Å². The summed E-state index contributed by atoms with van der Waals surface area (Å²) in [5.74, 6) is -0.182. The maximum absolute atomic E-state index is 13.9. The average Bonchev–Trinajstić information content (AvgIpc) is 3.42. The number of imidazole rings is 1. The van der Waals surface area contributed by atoms with Crippen LogP contribution in [0.1, 0.15) is 60.4 Å². The standard InChI is InChI=1S/C27H28FN5O3/c1-27-13-12-23(35)33(27)21-10-4-3-9-20(21)26(36)32(27)15-6-11-22(34)30-24(25-29-14-16-31(25)2)18-7-5-8-19(28)17-18/h3-5,7-10,14,16-17,24H,6,11-13,15H2,1-2H3,(H,30,34). The fraction of sp³-hybridized carbons (Fsp3) is 0.333. The molecule has 9 heteroatoms. The number of amides is 3. The molecule has 3 aromatic rings. The van der Waals surface area contributed by atoms with Gasteiger partial charge >= 0.3 is 0 Å². The molecule has 0 radical (unpaired) electrons. The Kier molecular flexibility index (Phi) is 6.07. The van der Waals surface area contributed by atoms with Crippen molar-refractivity contribution in [1.29, 1.82) is 0 Å². The van der Waals surface area contributed by atoms with Crippen LogP contribution in [-0.4, -0.2) is 44.4 Å². The quantitative estimate of drug-likeness (QED) is 0.550. The van der Waals surface area contributed by atoms with Gasteiger partial charge in [0.1, 0.15) is 23.3 Å². The van der Waals surface area contributed by atoms with Crippen molar-refractivity contribution in [2.24, 2.45) is 7.05 Å². The summed E-state index contributed by atoms with van der Waals surface area (Å²) >= 11 is 0. The van der Waals surface area contributed by atoms with Crippen molar-refractivity contribution < 1.29 is 18.8 Å². The molecule has 0 aliphatic carbocycles. The molecule has 2 aliphatic heterocycles. The van der Waals surface area contributed by atoms with Crippen molar-refractivity contribution in [3.05, 3.63) is 83.7 Å². The summed E-state index contributed by atoms with van der Waals surface area (Å²) < 4.78 is 15.7. The molecule has 2 aliphatic rings. The fourth-order valence-electron chi connectivity index (χ4n) is 5.31. The molecule has 1 saturated heterocycles. The highest BCUT2D eigenvalue weighted by Crippen LogP contribution is 2.44.